The van der Waals surface area contributed by atoms with Crippen molar-refractivity contribution in [1.29, 1.82) is 5.41 Å². The highest BCUT2D eigenvalue weighted by Crippen LogP contribution is 1.99. The Balaban J connectivity index is 4.27. The van der Waals surface area contributed by atoms with Gasteiger partial charge in [0.2, 0.25) is 0 Å². The Bertz CT molecular complexity index is 154. The summed E-state index contributed by atoms with van der Waals surface area (Å²) in [5.74, 6) is 0. The number of nitrogens with one attached hydrogen (secondary N) is 1. The first-order valence-electron chi connectivity index (χ1n) is 2.89. The van der Waals surface area contributed by atoms with Crippen molar-refractivity contribution >= 4 is 12.4 Å². The van der Waals surface area contributed by atoms with E-state index in [2.05, 4.69) is 4.99 Å². The van der Waals surface area contributed by atoms with Gasteiger partial charge in [-0.25, -0.2) is 0 Å². The number of hydrogen-bond acceptors (Lipinski definition) is 2. The molecule has 0 radical (unpaired) electrons. The molecular formula is C7H12N2. The summed E-state index contributed by atoms with van der Waals surface area (Å²) in [6.45, 7) is 5.62. The van der Waals surface area contributed by atoms with Crippen molar-refractivity contribution in [3.8, 4) is 0 Å². The number of hydrogen-bond donors (Lipinski definition) is 1. The van der Waals surface area contributed by atoms with Gasteiger partial charge in [0.15, 0.2) is 0 Å². The van der Waals surface area contributed by atoms with Crippen LogP contribution in [0, 0.1) is 5.41 Å². The van der Waals surface area contributed by atoms with Crippen molar-refractivity contribution in [3.05, 3.63) is 11.3 Å². The molecule has 0 aliphatic rings. The number of rotatable bonds is 2. The van der Waals surface area contributed by atoms with E-state index in [1.165, 1.54) is 6.21 Å². The molecule has 0 aromatic carbocycles. The molecule has 0 aliphatic heterocycles. The number of nitrogens with zero attached hydrogens (tertiary/aromatic N) is 1. The van der Waals surface area contributed by atoms with Gasteiger partial charge in [-0.2, -0.15) is 0 Å². The van der Waals surface area contributed by atoms with Gasteiger partial charge >= 0.3 is 0 Å². The van der Waals surface area contributed by atoms with Crippen molar-refractivity contribution in [2.75, 3.05) is 0 Å². The van der Waals surface area contributed by atoms with E-state index in [1.807, 2.05) is 20.8 Å². The third kappa shape index (κ3) is 2.80. The maximum absolute atomic E-state index is 6.86. The highest BCUT2D eigenvalue weighted by Gasteiger charge is 1.86. The fourth-order valence-corrected chi connectivity index (χ4v) is 0.400. The molecule has 0 aromatic rings. The molecule has 0 heterocycles. The number of aliphatic imine (C=N–C) groups is 1. The van der Waals surface area contributed by atoms with E-state index in [-0.39, 0.29) is 0 Å². The lowest BCUT2D eigenvalue weighted by Gasteiger charge is -1.92. The lowest BCUT2D eigenvalue weighted by Crippen LogP contribution is -1.80. The van der Waals surface area contributed by atoms with E-state index in [1.54, 1.807) is 6.21 Å². The van der Waals surface area contributed by atoms with Crippen LogP contribution in [0.2, 0.25) is 0 Å². The molecule has 0 saturated heterocycles. The Kier molecular flexibility index (Phi) is 3.60. The van der Waals surface area contributed by atoms with Crippen LogP contribution >= 0.6 is 0 Å². The smallest absolute Gasteiger partial charge is 0.0412 e. The van der Waals surface area contributed by atoms with Crippen LogP contribution in [0.3, 0.4) is 0 Å². The summed E-state index contributed by atoms with van der Waals surface area (Å²) in [6, 6.07) is 0. The summed E-state index contributed by atoms with van der Waals surface area (Å²) in [5.41, 5.74) is 1.82. The van der Waals surface area contributed by atoms with Crippen LogP contribution < -0.4 is 0 Å². The lowest BCUT2D eigenvalue weighted by atomic mass is 10.3. The molecule has 2 heteroatoms. The molecule has 50 valence electrons. The van der Waals surface area contributed by atoms with Gasteiger partial charge in [-0.05, 0) is 26.3 Å². The third-order valence-corrected chi connectivity index (χ3v) is 1.11. The summed E-state index contributed by atoms with van der Waals surface area (Å²) in [4.78, 5) is 4.00. The summed E-state index contributed by atoms with van der Waals surface area (Å²) in [6.07, 6.45) is 3.03. The third-order valence-electron chi connectivity index (χ3n) is 1.11. The zero-order valence-electron chi connectivity index (χ0n) is 6.10. The van der Waals surface area contributed by atoms with Crippen LogP contribution in [-0.4, -0.2) is 12.4 Å². The zero-order valence-corrected chi connectivity index (χ0v) is 6.10. The molecule has 0 rings (SSSR count). The van der Waals surface area contributed by atoms with Crippen LogP contribution in [-0.2, 0) is 0 Å². The molecule has 2 nitrogen and oxygen atoms in total. The maximum Gasteiger partial charge on any atom is 0.0412 e. The van der Waals surface area contributed by atoms with E-state index in [0.29, 0.717) is 0 Å². The Hall–Kier alpha value is -0.920. The molecule has 0 aliphatic carbocycles. The standard InChI is InChI=1S/C7H12N2/c1-4-9-7(3)6(2)5-8/h4-5,8H,1-3H3/b7-6-,8-5?,9-4-. The molecule has 0 unspecified atom stereocenters. The van der Waals surface area contributed by atoms with Crippen molar-refractivity contribution in [2.24, 2.45) is 4.99 Å². The molecule has 9 heavy (non-hydrogen) atoms. The average Bonchev–Trinajstić information content (AvgIpc) is 1.87. The fraction of sp³-hybridized carbons (Fsp3) is 0.429. The first kappa shape index (κ1) is 8.08. The topological polar surface area (TPSA) is 36.2 Å². The summed E-state index contributed by atoms with van der Waals surface area (Å²) in [5, 5.41) is 6.86. The van der Waals surface area contributed by atoms with Crippen molar-refractivity contribution < 1.29 is 0 Å². The molecule has 0 bridgehead atoms. The molecule has 0 fully saturated rings. The van der Waals surface area contributed by atoms with Gasteiger partial charge in [-0.1, -0.05) is 0 Å². The summed E-state index contributed by atoms with van der Waals surface area (Å²) in [7, 11) is 0. The average molecular weight is 124 g/mol. The Morgan fingerprint density at radius 1 is 1.44 bits per heavy atom. The van der Waals surface area contributed by atoms with E-state index < -0.39 is 0 Å². The second-order valence-electron chi connectivity index (χ2n) is 1.80. The first-order chi connectivity index (χ1) is 4.22. The highest BCUT2D eigenvalue weighted by molar-refractivity contribution is 5.76. The minimum Gasteiger partial charge on any atom is -0.308 e. The van der Waals surface area contributed by atoms with E-state index in [4.69, 9.17) is 5.41 Å². The zero-order chi connectivity index (χ0) is 7.28. The van der Waals surface area contributed by atoms with Gasteiger partial charge in [0.25, 0.3) is 0 Å². The van der Waals surface area contributed by atoms with Crippen LogP contribution in [0.4, 0.5) is 0 Å². The van der Waals surface area contributed by atoms with Crippen LogP contribution in [0.25, 0.3) is 0 Å². The van der Waals surface area contributed by atoms with Crippen LogP contribution in [0.5, 0.6) is 0 Å². The minimum atomic E-state index is 0.910. The van der Waals surface area contributed by atoms with Gasteiger partial charge in [-0.15, -0.1) is 0 Å². The predicted octanol–water partition coefficient (Wildman–Crippen LogP) is 2.02. The molecular weight excluding hydrogens is 112 g/mol. The van der Waals surface area contributed by atoms with Gasteiger partial charge < -0.3 is 5.41 Å². The highest BCUT2D eigenvalue weighted by atomic mass is 14.7. The van der Waals surface area contributed by atoms with Crippen LogP contribution in [0.15, 0.2) is 16.3 Å². The first-order valence-corrected chi connectivity index (χ1v) is 2.89. The minimum absolute atomic E-state index is 0.910. The SMILES string of the molecule is C/C=N\C(C)=C(\C)C=N. The van der Waals surface area contributed by atoms with Gasteiger partial charge in [0.1, 0.15) is 0 Å². The van der Waals surface area contributed by atoms with Gasteiger partial charge in [-0.3, -0.25) is 4.99 Å². The van der Waals surface area contributed by atoms with E-state index >= 15 is 0 Å². The number of allylic oxidation sites excluding steroid dienone is 2. The molecule has 0 atom stereocenters. The normalized spacial score (nSPS) is 13.7. The van der Waals surface area contributed by atoms with Crippen molar-refractivity contribution in [3.63, 3.8) is 0 Å². The summed E-state index contributed by atoms with van der Waals surface area (Å²) >= 11 is 0. The maximum atomic E-state index is 6.86. The van der Waals surface area contributed by atoms with Crippen LogP contribution in [0.1, 0.15) is 20.8 Å². The summed E-state index contributed by atoms with van der Waals surface area (Å²) < 4.78 is 0. The second-order valence-corrected chi connectivity index (χ2v) is 1.80. The predicted molar refractivity (Wildman–Crippen MR) is 41.3 cm³/mol. The second kappa shape index (κ2) is 4.01. The van der Waals surface area contributed by atoms with Crippen molar-refractivity contribution in [2.45, 2.75) is 20.8 Å². The molecule has 0 aromatic heterocycles. The Morgan fingerprint density at radius 3 is 2.33 bits per heavy atom. The fourth-order valence-electron chi connectivity index (χ4n) is 0.400. The lowest BCUT2D eigenvalue weighted by molar-refractivity contribution is 1.26. The molecule has 0 saturated carbocycles. The van der Waals surface area contributed by atoms with Crippen molar-refractivity contribution in [1.82, 2.24) is 0 Å². The monoisotopic (exact) mass is 124 g/mol. The Morgan fingerprint density at radius 2 is 2.00 bits per heavy atom. The largest absolute Gasteiger partial charge is 0.308 e. The van der Waals surface area contributed by atoms with E-state index in [0.717, 1.165) is 11.3 Å². The van der Waals surface area contributed by atoms with E-state index in [9.17, 15) is 0 Å². The molecule has 1 N–H and O–H groups in total. The quantitative estimate of drug-likeness (QED) is 0.547. The van der Waals surface area contributed by atoms with Gasteiger partial charge in [0, 0.05) is 18.1 Å². The Labute approximate surface area is 55.8 Å². The van der Waals surface area contributed by atoms with Gasteiger partial charge in [0.05, 0.1) is 0 Å². The molecule has 0 amide bonds. The molecule has 0 spiro atoms.